The second kappa shape index (κ2) is 7.43. The van der Waals surface area contributed by atoms with Gasteiger partial charge in [-0.05, 0) is 12.8 Å². The Balaban J connectivity index is 2.70. The highest BCUT2D eigenvalue weighted by molar-refractivity contribution is 5.26. The summed E-state index contributed by atoms with van der Waals surface area (Å²) in [5, 5.41) is 2.83. The smallest absolute Gasteiger partial charge is 0.324 e. The number of hydrogen-bond acceptors (Lipinski definition) is 6. The van der Waals surface area contributed by atoms with Crippen LogP contribution < -0.4 is 14.8 Å². The summed E-state index contributed by atoms with van der Waals surface area (Å²) < 4.78 is 10.7. The Kier molecular flexibility index (Phi) is 5.77. The lowest BCUT2D eigenvalue weighted by atomic mass is 10.5. The molecule has 0 aliphatic rings. The third-order valence-electron chi connectivity index (χ3n) is 1.81. The minimum Gasteiger partial charge on any atom is -0.463 e. The van der Waals surface area contributed by atoms with E-state index in [2.05, 4.69) is 26.8 Å². The van der Waals surface area contributed by atoms with Crippen LogP contribution in [0.4, 0.5) is 5.95 Å². The minimum atomic E-state index is 0.261. The molecule has 94 valence electrons. The number of aromatic nitrogens is 3. The molecule has 0 aliphatic heterocycles. The first kappa shape index (κ1) is 13.2. The van der Waals surface area contributed by atoms with Gasteiger partial charge in [-0.2, -0.15) is 9.97 Å². The molecule has 0 bridgehead atoms. The summed E-state index contributed by atoms with van der Waals surface area (Å²) in [5.74, 6) is 0.430. The van der Waals surface area contributed by atoms with E-state index in [1.165, 1.54) is 0 Å². The van der Waals surface area contributed by atoms with Crippen LogP contribution in [-0.2, 0) is 0 Å². The Bertz CT molecular complexity index is 357. The maximum absolute atomic E-state index is 5.36. The molecule has 0 aliphatic carbocycles. The Morgan fingerprint density at radius 1 is 1.18 bits per heavy atom. The van der Waals surface area contributed by atoms with E-state index in [0.29, 0.717) is 19.2 Å². The van der Waals surface area contributed by atoms with Crippen LogP contribution in [0.2, 0.25) is 0 Å². The molecule has 1 N–H and O–H groups in total. The zero-order valence-corrected chi connectivity index (χ0v) is 10.3. The van der Waals surface area contributed by atoms with Crippen molar-refractivity contribution in [2.24, 2.45) is 0 Å². The molecule has 0 spiro atoms. The van der Waals surface area contributed by atoms with Crippen molar-refractivity contribution in [1.82, 2.24) is 15.0 Å². The maximum Gasteiger partial charge on any atom is 0.324 e. The normalized spacial score (nSPS) is 9.76. The summed E-state index contributed by atoms with van der Waals surface area (Å²) in [6.07, 6.45) is 3.41. The molecule has 0 aromatic carbocycles. The van der Waals surface area contributed by atoms with Gasteiger partial charge in [0.1, 0.15) is 0 Å². The fourth-order valence-corrected chi connectivity index (χ4v) is 1.01. The van der Waals surface area contributed by atoms with Crippen molar-refractivity contribution in [2.45, 2.75) is 19.8 Å². The second-order valence-corrected chi connectivity index (χ2v) is 3.25. The molecule has 17 heavy (non-hydrogen) atoms. The number of anilines is 1. The van der Waals surface area contributed by atoms with Crippen LogP contribution in [0, 0.1) is 0 Å². The van der Waals surface area contributed by atoms with Crippen LogP contribution in [0.1, 0.15) is 19.8 Å². The predicted octanol–water partition coefficient (Wildman–Crippen LogP) is 1.66. The Morgan fingerprint density at radius 2 is 1.82 bits per heavy atom. The molecule has 0 fully saturated rings. The fourth-order valence-electron chi connectivity index (χ4n) is 1.01. The Morgan fingerprint density at radius 3 is 2.35 bits per heavy atom. The lowest BCUT2D eigenvalue weighted by molar-refractivity contribution is 0.265. The lowest BCUT2D eigenvalue weighted by Gasteiger charge is -2.07. The maximum atomic E-state index is 5.36. The zero-order chi connectivity index (χ0) is 12.5. The van der Waals surface area contributed by atoms with Crippen LogP contribution in [0.3, 0.4) is 0 Å². The van der Waals surface area contributed by atoms with E-state index in [1.807, 2.05) is 6.92 Å². The monoisotopic (exact) mass is 238 g/mol. The minimum absolute atomic E-state index is 0.261. The molecule has 0 amide bonds. The fraction of sp³-hybridized carbons (Fsp3) is 0.545. The topological polar surface area (TPSA) is 69.2 Å². The van der Waals surface area contributed by atoms with Gasteiger partial charge in [0.15, 0.2) is 0 Å². The SMILES string of the molecule is C=CCCOc1nc(NC)nc(OCCC)n1. The molecule has 0 unspecified atom stereocenters. The van der Waals surface area contributed by atoms with E-state index < -0.39 is 0 Å². The van der Waals surface area contributed by atoms with Gasteiger partial charge in [0.2, 0.25) is 5.95 Å². The Hall–Kier alpha value is -1.85. The van der Waals surface area contributed by atoms with Gasteiger partial charge in [0, 0.05) is 7.05 Å². The molecule has 1 heterocycles. The van der Waals surface area contributed by atoms with Crippen molar-refractivity contribution in [3.8, 4) is 12.0 Å². The molecule has 0 saturated heterocycles. The quantitative estimate of drug-likeness (QED) is 0.548. The molecule has 1 rings (SSSR count). The summed E-state index contributed by atoms with van der Waals surface area (Å²) in [5.41, 5.74) is 0. The third kappa shape index (κ3) is 4.67. The van der Waals surface area contributed by atoms with Crippen LogP contribution in [0.5, 0.6) is 12.0 Å². The molecule has 1 aromatic heterocycles. The van der Waals surface area contributed by atoms with Crippen molar-refractivity contribution in [2.75, 3.05) is 25.6 Å². The van der Waals surface area contributed by atoms with Crippen molar-refractivity contribution in [3.05, 3.63) is 12.7 Å². The number of nitrogens with one attached hydrogen (secondary N) is 1. The first-order valence-electron chi connectivity index (χ1n) is 5.60. The van der Waals surface area contributed by atoms with Gasteiger partial charge in [-0.3, -0.25) is 0 Å². The number of rotatable bonds is 8. The summed E-state index contributed by atoms with van der Waals surface area (Å²) in [7, 11) is 1.73. The van der Waals surface area contributed by atoms with Crippen molar-refractivity contribution >= 4 is 5.95 Å². The molecule has 6 nitrogen and oxygen atoms in total. The van der Waals surface area contributed by atoms with Gasteiger partial charge in [-0.15, -0.1) is 11.6 Å². The van der Waals surface area contributed by atoms with Crippen molar-refractivity contribution in [3.63, 3.8) is 0 Å². The largest absolute Gasteiger partial charge is 0.463 e. The van der Waals surface area contributed by atoms with E-state index in [-0.39, 0.29) is 12.0 Å². The zero-order valence-electron chi connectivity index (χ0n) is 10.3. The average Bonchev–Trinajstić information content (AvgIpc) is 2.36. The standard InChI is InChI=1S/C11H18N4O2/c1-4-6-8-17-11-14-9(12-3)13-10(15-11)16-7-5-2/h4H,1,5-8H2,2-3H3,(H,12,13,14,15). The molecular weight excluding hydrogens is 220 g/mol. The van der Waals surface area contributed by atoms with Gasteiger partial charge >= 0.3 is 12.0 Å². The molecule has 0 atom stereocenters. The summed E-state index contributed by atoms with van der Waals surface area (Å²) >= 11 is 0. The van der Waals surface area contributed by atoms with E-state index in [4.69, 9.17) is 9.47 Å². The Labute approximate surface area is 101 Å². The average molecular weight is 238 g/mol. The predicted molar refractivity (Wildman–Crippen MR) is 65.5 cm³/mol. The van der Waals surface area contributed by atoms with E-state index in [0.717, 1.165) is 12.8 Å². The molecular formula is C11H18N4O2. The van der Waals surface area contributed by atoms with Crippen LogP contribution in [0.15, 0.2) is 12.7 Å². The second-order valence-electron chi connectivity index (χ2n) is 3.25. The van der Waals surface area contributed by atoms with Crippen LogP contribution in [0.25, 0.3) is 0 Å². The lowest BCUT2D eigenvalue weighted by Crippen LogP contribution is -2.08. The van der Waals surface area contributed by atoms with Crippen LogP contribution in [-0.4, -0.2) is 35.2 Å². The van der Waals surface area contributed by atoms with E-state index in [1.54, 1.807) is 13.1 Å². The highest BCUT2D eigenvalue weighted by Crippen LogP contribution is 2.12. The summed E-state index contributed by atoms with van der Waals surface area (Å²) in [6.45, 7) is 6.69. The van der Waals surface area contributed by atoms with Crippen molar-refractivity contribution in [1.29, 1.82) is 0 Å². The van der Waals surface area contributed by atoms with Crippen molar-refractivity contribution < 1.29 is 9.47 Å². The molecule has 0 saturated carbocycles. The van der Waals surface area contributed by atoms with E-state index in [9.17, 15) is 0 Å². The number of nitrogens with zero attached hydrogens (tertiary/aromatic N) is 3. The molecule has 6 heteroatoms. The first-order valence-corrected chi connectivity index (χ1v) is 5.60. The van der Waals surface area contributed by atoms with Crippen LogP contribution >= 0.6 is 0 Å². The number of hydrogen-bond donors (Lipinski definition) is 1. The van der Waals surface area contributed by atoms with Gasteiger partial charge in [-0.1, -0.05) is 13.0 Å². The summed E-state index contributed by atoms with van der Waals surface area (Å²) in [6, 6.07) is 0.539. The third-order valence-corrected chi connectivity index (χ3v) is 1.81. The van der Waals surface area contributed by atoms with Gasteiger partial charge in [0.05, 0.1) is 13.2 Å². The molecule has 1 aromatic rings. The summed E-state index contributed by atoms with van der Waals surface area (Å²) in [4.78, 5) is 12.2. The molecule has 0 radical (unpaired) electrons. The van der Waals surface area contributed by atoms with E-state index >= 15 is 0 Å². The highest BCUT2D eigenvalue weighted by atomic mass is 16.5. The van der Waals surface area contributed by atoms with Gasteiger partial charge < -0.3 is 14.8 Å². The highest BCUT2D eigenvalue weighted by Gasteiger charge is 2.07. The number of ether oxygens (including phenoxy) is 2. The van der Waals surface area contributed by atoms with Gasteiger partial charge in [-0.25, -0.2) is 0 Å². The first-order chi connectivity index (χ1) is 8.30. The van der Waals surface area contributed by atoms with Gasteiger partial charge in [0.25, 0.3) is 0 Å².